The molecule has 3 heterocycles. The molecule has 4 aromatic rings. The molecule has 0 radical (unpaired) electrons. The maximum absolute atomic E-state index is 9.82. The number of nitrogens with zero attached hydrogens (tertiary/aromatic N) is 5. The lowest BCUT2D eigenvalue weighted by Crippen LogP contribution is -2.27. The van der Waals surface area contributed by atoms with Crippen molar-refractivity contribution in [3.8, 4) is 11.3 Å². The van der Waals surface area contributed by atoms with E-state index in [1.54, 1.807) is 4.52 Å². The fourth-order valence-electron chi connectivity index (χ4n) is 3.90. The molecular formula is C26H33N7O. The molecule has 0 saturated carbocycles. The summed E-state index contributed by atoms with van der Waals surface area (Å²) in [6.45, 7) is 9.06. The molecule has 0 aliphatic carbocycles. The molecule has 0 unspecified atom stereocenters. The van der Waals surface area contributed by atoms with Gasteiger partial charge in [-0.3, -0.25) is 4.98 Å². The number of hydrogen-bond acceptors (Lipinski definition) is 7. The first-order valence-corrected chi connectivity index (χ1v) is 11.8. The molecule has 0 aliphatic rings. The van der Waals surface area contributed by atoms with Gasteiger partial charge in [-0.05, 0) is 29.9 Å². The van der Waals surface area contributed by atoms with Gasteiger partial charge in [0.2, 0.25) is 11.9 Å². The summed E-state index contributed by atoms with van der Waals surface area (Å²) in [7, 11) is 0. The van der Waals surface area contributed by atoms with Crippen molar-refractivity contribution in [2.75, 3.05) is 17.2 Å². The lowest BCUT2D eigenvalue weighted by atomic mass is 10.0. The molecule has 178 valence electrons. The Morgan fingerprint density at radius 1 is 0.971 bits per heavy atom. The Bertz CT molecular complexity index is 1200. The van der Waals surface area contributed by atoms with Gasteiger partial charge >= 0.3 is 0 Å². The summed E-state index contributed by atoms with van der Waals surface area (Å²) in [4.78, 5) is 14.0. The van der Waals surface area contributed by atoms with Crippen LogP contribution < -0.4 is 10.6 Å². The van der Waals surface area contributed by atoms with Crippen LogP contribution in [0.1, 0.15) is 51.2 Å². The quantitative estimate of drug-likeness (QED) is 0.315. The van der Waals surface area contributed by atoms with Crippen molar-refractivity contribution in [1.82, 2.24) is 24.6 Å². The second-order valence-corrected chi connectivity index (χ2v) is 9.29. The number of aliphatic hydroxyl groups excluding tert-OH is 1. The largest absolute Gasteiger partial charge is 0.394 e. The molecule has 8 nitrogen and oxygen atoms in total. The zero-order valence-corrected chi connectivity index (χ0v) is 20.2. The average Bonchev–Trinajstić information content (AvgIpc) is 3.27. The highest BCUT2D eigenvalue weighted by atomic mass is 16.3. The first-order chi connectivity index (χ1) is 16.4. The highest BCUT2D eigenvalue weighted by Crippen LogP contribution is 2.23. The fourth-order valence-corrected chi connectivity index (χ4v) is 3.90. The number of fused-ring (bicyclic) bond motifs is 1. The van der Waals surface area contributed by atoms with E-state index in [0.717, 1.165) is 34.5 Å². The summed E-state index contributed by atoms with van der Waals surface area (Å²) in [6.07, 6.45) is 4.54. The molecule has 0 bridgehead atoms. The van der Waals surface area contributed by atoms with Gasteiger partial charge in [0, 0.05) is 23.9 Å². The van der Waals surface area contributed by atoms with Crippen LogP contribution in [0, 0.1) is 5.92 Å². The van der Waals surface area contributed by atoms with Crippen molar-refractivity contribution in [2.45, 2.75) is 52.6 Å². The third-order valence-electron chi connectivity index (χ3n) is 5.67. The second kappa shape index (κ2) is 10.6. The zero-order chi connectivity index (χ0) is 24.1. The third-order valence-corrected chi connectivity index (χ3v) is 5.67. The van der Waals surface area contributed by atoms with Gasteiger partial charge in [0.1, 0.15) is 0 Å². The van der Waals surface area contributed by atoms with E-state index < -0.39 is 0 Å². The van der Waals surface area contributed by atoms with Gasteiger partial charge in [0.05, 0.1) is 24.5 Å². The molecule has 0 amide bonds. The van der Waals surface area contributed by atoms with Crippen molar-refractivity contribution < 1.29 is 5.11 Å². The molecule has 3 aromatic heterocycles. The van der Waals surface area contributed by atoms with E-state index >= 15 is 0 Å². The van der Waals surface area contributed by atoms with Crippen molar-refractivity contribution >= 4 is 17.5 Å². The Morgan fingerprint density at radius 3 is 2.41 bits per heavy atom. The Labute approximate surface area is 200 Å². The van der Waals surface area contributed by atoms with E-state index in [9.17, 15) is 5.11 Å². The van der Waals surface area contributed by atoms with Crippen molar-refractivity contribution in [1.29, 1.82) is 0 Å². The van der Waals surface area contributed by atoms with Gasteiger partial charge in [0.15, 0.2) is 5.65 Å². The SMILES string of the molecule is CC(C)C[C@@H](CO)Nc1nc(NCc2ccc(-c3ccccc3)nc2)n2ncc(C(C)C)c2n1. The van der Waals surface area contributed by atoms with E-state index in [1.165, 1.54) is 0 Å². The lowest BCUT2D eigenvalue weighted by Gasteiger charge is -2.19. The second-order valence-electron chi connectivity index (χ2n) is 9.29. The summed E-state index contributed by atoms with van der Waals surface area (Å²) in [5.41, 5.74) is 4.87. The van der Waals surface area contributed by atoms with Crippen LogP contribution >= 0.6 is 0 Å². The van der Waals surface area contributed by atoms with Gasteiger partial charge in [-0.2, -0.15) is 19.6 Å². The summed E-state index contributed by atoms with van der Waals surface area (Å²) < 4.78 is 1.74. The summed E-state index contributed by atoms with van der Waals surface area (Å²) in [5.74, 6) is 1.79. The Morgan fingerprint density at radius 2 is 1.76 bits per heavy atom. The monoisotopic (exact) mass is 459 g/mol. The van der Waals surface area contributed by atoms with Gasteiger partial charge in [-0.1, -0.05) is 64.1 Å². The number of rotatable bonds is 10. The van der Waals surface area contributed by atoms with Crippen LogP contribution in [0.25, 0.3) is 16.9 Å². The number of nitrogens with one attached hydrogen (secondary N) is 2. The van der Waals surface area contributed by atoms with Crippen LogP contribution in [-0.2, 0) is 6.54 Å². The fraction of sp³-hybridized carbons (Fsp3) is 0.385. The van der Waals surface area contributed by atoms with Gasteiger partial charge in [-0.25, -0.2) is 0 Å². The minimum absolute atomic E-state index is 0.0191. The van der Waals surface area contributed by atoms with Gasteiger partial charge in [0.25, 0.3) is 0 Å². The highest BCUT2D eigenvalue weighted by molar-refractivity contribution is 5.59. The molecule has 34 heavy (non-hydrogen) atoms. The minimum atomic E-state index is -0.115. The predicted molar refractivity (Wildman–Crippen MR) is 136 cm³/mol. The van der Waals surface area contributed by atoms with Crippen molar-refractivity contribution in [3.63, 3.8) is 0 Å². The zero-order valence-electron chi connectivity index (χ0n) is 20.2. The van der Waals surface area contributed by atoms with Crippen molar-refractivity contribution in [2.24, 2.45) is 5.92 Å². The molecule has 1 atom stereocenters. The topological polar surface area (TPSA) is 100 Å². The minimum Gasteiger partial charge on any atom is -0.394 e. The van der Waals surface area contributed by atoms with Crippen LogP contribution in [-0.4, -0.2) is 42.3 Å². The Hall–Kier alpha value is -3.52. The maximum Gasteiger partial charge on any atom is 0.229 e. The molecule has 0 spiro atoms. The number of aromatic nitrogens is 5. The molecular weight excluding hydrogens is 426 g/mol. The van der Waals surface area contributed by atoms with Gasteiger partial charge < -0.3 is 15.7 Å². The van der Waals surface area contributed by atoms with Crippen LogP contribution in [0.15, 0.2) is 54.9 Å². The van der Waals surface area contributed by atoms with Gasteiger partial charge in [-0.15, -0.1) is 0 Å². The first kappa shape index (κ1) is 23.6. The maximum atomic E-state index is 9.82. The molecule has 4 rings (SSSR count). The molecule has 8 heteroatoms. The van der Waals surface area contributed by atoms with E-state index in [0.29, 0.717) is 24.4 Å². The number of anilines is 2. The first-order valence-electron chi connectivity index (χ1n) is 11.8. The number of benzene rings is 1. The van der Waals surface area contributed by atoms with E-state index in [2.05, 4.69) is 71.6 Å². The van der Waals surface area contributed by atoms with Crippen LogP contribution in [0.4, 0.5) is 11.9 Å². The smallest absolute Gasteiger partial charge is 0.229 e. The predicted octanol–water partition coefficient (Wildman–Crippen LogP) is 4.74. The molecule has 0 saturated heterocycles. The molecule has 0 fully saturated rings. The van der Waals surface area contributed by atoms with E-state index in [4.69, 9.17) is 4.98 Å². The normalized spacial score (nSPS) is 12.4. The summed E-state index contributed by atoms with van der Waals surface area (Å²) in [6, 6.07) is 14.1. The number of pyridine rings is 1. The number of aliphatic hydroxyl groups is 1. The molecule has 0 aliphatic heterocycles. The Balaban J connectivity index is 1.58. The number of hydrogen-bond donors (Lipinski definition) is 3. The summed E-state index contributed by atoms with van der Waals surface area (Å²) >= 11 is 0. The van der Waals surface area contributed by atoms with Crippen LogP contribution in [0.5, 0.6) is 0 Å². The van der Waals surface area contributed by atoms with Crippen LogP contribution in [0.2, 0.25) is 0 Å². The van der Waals surface area contributed by atoms with Crippen LogP contribution in [0.3, 0.4) is 0 Å². The Kier molecular flexibility index (Phi) is 7.37. The standard InChI is InChI=1S/C26H33N7O/c1-17(2)12-21(16-34)30-25-31-24-22(18(3)4)15-29-33(24)26(32-25)28-14-19-10-11-23(27-13-19)20-8-6-5-7-9-20/h5-11,13,15,17-18,21,34H,12,14,16H2,1-4H3,(H2,28,30,31,32)/t21-/m0/s1. The summed E-state index contributed by atoms with van der Waals surface area (Å²) in [5, 5.41) is 21.1. The lowest BCUT2D eigenvalue weighted by molar-refractivity contribution is 0.259. The molecule has 1 aromatic carbocycles. The van der Waals surface area contributed by atoms with Crippen molar-refractivity contribution in [3.05, 3.63) is 66.0 Å². The highest BCUT2D eigenvalue weighted by Gasteiger charge is 2.17. The molecule has 3 N–H and O–H groups in total. The van der Waals surface area contributed by atoms with E-state index in [1.807, 2.05) is 36.7 Å². The van der Waals surface area contributed by atoms with E-state index in [-0.39, 0.29) is 18.6 Å². The third kappa shape index (κ3) is 5.51. The average molecular weight is 460 g/mol.